The Morgan fingerprint density at radius 1 is 1.15 bits per heavy atom. The van der Waals surface area contributed by atoms with Crippen molar-refractivity contribution < 1.29 is 13.2 Å². The number of nitrogen functional groups attached to an aromatic ring is 1. The van der Waals surface area contributed by atoms with Crippen molar-refractivity contribution >= 4 is 21.6 Å². The molecule has 0 atom stereocenters. The Hall–Kier alpha value is -2.38. The average Bonchev–Trinajstić information content (AvgIpc) is 3.40. The molecule has 0 bridgehead atoms. The zero-order chi connectivity index (χ0) is 18.7. The van der Waals surface area contributed by atoms with Crippen LogP contribution in [-0.2, 0) is 16.4 Å². The molecule has 1 aliphatic carbocycles. The summed E-state index contributed by atoms with van der Waals surface area (Å²) in [7, 11) is -3.58. The minimum atomic E-state index is -3.58. The second-order valence-electron chi connectivity index (χ2n) is 6.62. The lowest BCUT2D eigenvalue weighted by atomic mass is 10.1. The van der Waals surface area contributed by atoms with Gasteiger partial charge in [-0.15, -0.1) is 0 Å². The molecular weight excluding hydrogens is 350 g/mol. The van der Waals surface area contributed by atoms with Crippen molar-refractivity contribution in [2.24, 2.45) is 0 Å². The van der Waals surface area contributed by atoms with Gasteiger partial charge in [0.15, 0.2) is 0 Å². The quantitative estimate of drug-likeness (QED) is 0.646. The Morgan fingerprint density at radius 3 is 2.50 bits per heavy atom. The summed E-state index contributed by atoms with van der Waals surface area (Å²) in [6, 6.07) is 12.1. The predicted molar refractivity (Wildman–Crippen MR) is 101 cm³/mol. The SMILES string of the molecule is Cc1ccc(S(=O)(=O)NC2CC2)cc1C(=O)NCCc1ccc(N)cc1. The van der Waals surface area contributed by atoms with E-state index in [9.17, 15) is 13.2 Å². The number of amides is 1. The Labute approximate surface area is 153 Å². The van der Waals surface area contributed by atoms with E-state index in [0.29, 0.717) is 24.2 Å². The molecule has 26 heavy (non-hydrogen) atoms. The number of hydrogen-bond donors (Lipinski definition) is 3. The fourth-order valence-electron chi connectivity index (χ4n) is 2.60. The smallest absolute Gasteiger partial charge is 0.251 e. The molecular formula is C19H23N3O3S. The van der Waals surface area contributed by atoms with Gasteiger partial charge in [-0.2, -0.15) is 0 Å². The van der Waals surface area contributed by atoms with Gasteiger partial charge < -0.3 is 11.1 Å². The summed E-state index contributed by atoms with van der Waals surface area (Å²) in [5.74, 6) is -0.276. The van der Waals surface area contributed by atoms with E-state index < -0.39 is 10.0 Å². The molecule has 1 fully saturated rings. The van der Waals surface area contributed by atoms with Gasteiger partial charge in [-0.1, -0.05) is 18.2 Å². The van der Waals surface area contributed by atoms with Crippen molar-refractivity contribution in [3.8, 4) is 0 Å². The standard InChI is InChI=1S/C19H23N3O3S/c1-13-2-9-17(26(24,25)22-16-7-8-16)12-18(13)19(23)21-11-10-14-3-5-15(20)6-4-14/h2-6,9,12,16,22H,7-8,10-11,20H2,1H3,(H,21,23). The Bertz CT molecular complexity index is 904. The molecule has 0 aliphatic heterocycles. The zero-order valence-corrected chi connectivity index (χ0v) is 15.5. The van der Waals surface area contributed by atoms with E-state index in [-0.39, 0.29) is 16.8 Å². The van der Waals surface area contributed by atoms with E-state index >= 15 is 0 Å². The molecule has 2 aromatic rings. The molecule has 6 nitrogen and oxygen atoms in total. The number of nitrogens with one attached hydrogen (secondary N) is 2. The molecule has 1 aliphatic rings. The van der Waals surface area contributed by atoms with Gasteiger partial charge in [0.1, 0.15) is 0 Å². The fraction of sp³-hybridized carbons (Fsp3) is 0.316. The average molecular weight is 373 g/mol. The maximum absolute atomic E-state index is 12.5. The van der Waals surface area contributed by atoms with E-state index in [1.807, 2.05) is 24.3 Å². The van der Waals surface area contributed by atoms with Crippen molar-refractivity contribution in [2.45, 2.75) is 37.1 Å². The molecule has 1 saturated carbocycles. The third kappa shape index (κ3) is 4.62. The maximum Gasteiger partial charge on any atom is 0.251 e. The highest BCUT2D eigenvalue weighted by Gasteiger charge is 2.28. The van der Waals surface area contributed by atoms with Crippen LogP contribution < -0.4 is 15.8 Å². The summed E-state index contributed by atoms with van der Waals surface area (Å²) in [4.78, 5) is 12.6. The normalized spacial score (nSPS) is 14.2. The lowest BCUT2D eigenvalue weighted by molar-refractivity contribution is 0.0953. The van der Waals surface area contributed by atoms with Crippen LogP contribution in [0.15, 0.2) is 47.4 Å². The third-order valence-corrected chi connectivity index (χ3v) is 5.86. The number of hydrogen-bond acceptors (Lipinski definition) is 4. The summed E-state index contributed by atoms with van der Waals surface area (Å²) in [6.45, 7) is 2.25. The van der Waals surface area contributed by atoms with E-state index in [0.717, 1.165) is 24.0 Å². The van der Waals surface area contributed by atoms with E-state index in [1.165, 1.54) is 12.1 Å². The first kappa shape index (κ1) is 18.4. The van der Waals surface area contributed by atoms with Crippen LogP contribution in [0.1, 0.15) is 34.3 Å². The van der Waals surface area contributed by atoms with Crippen molar-refractivity contribution in [3.05, 3.63) is 59.2 Å². The van der Waals surface area contributed by atoms with Crippen LogP contribution in [0.25, 0.3) is 0 Å². The molecule has 4 N–H and O–H groups in total. The van der Waals surface area contributed by atoms with Gasteiger partial charge in [-0.25, -0.2) is 13.1 Å². The lowest BCUT2D eigenvalue weighted by Gasteiger charge is -2.11. The van der Waals surface area contributed by atoms with Gasteiger partial charge in [0.2, 0.25) is 10.0 Å². The van der Waals surface area contributed by atoms with Crippen LogP contribution >= 0.6 is 0 Å². The molecule has 1 amide bonds. The number of aryl methyl sites for hydroxylation is 1. The molecule has 2 aromatic carbocycles. The summed E-state index contributed by atoms with van der Waals surface area (Å²) in [6.07, 6.45) is 2.40. The van der Waals surface area contributed by atoms with Crippen LogP contribution in [0, 0.1) is 6.92 Å². The molecule has 0 aromatic heterocycles. The fourth-order valence-corrected chi connectivity index (χ4v) is 3.93. The Balaban J connectivity index is 1.66. The highest BCUT2D eigenvalue weighted by Crippen LogP contribution is 2.23. The number of carbonyl (C=O) groups is 1. The van der Waals surface area contributed by atoms with Gasteiger partial charge >= 0.3 is 0 Å². The number of benzene rings is 2. The molecule has 0 saturated heterocycles. The first-order chi connectivity index (χ1) is 12.3. The topological polar surface area (TPSA) is 101 Å². The Kier molecular flexibility index (Phi) is 5.29. The number of nitrogens with two attached hydrogens (primary N) is 1. The van der Waals surface area contributed by atoms with Gasteiger partial charge in [0, 0.05) is 23.8 Å². The lowest BCUT2D eigenvalue weighted by Crippen LogP contribution is -2.28. The van der Waals surface area contributed by atoms with Crippen molar-refractivity contribution in [1.29, 1.82) is 0 Å². The van der Waals surface area contributed by atoms with Crippen LogP contribution in [0.2, 0.25) is 0 Å². The van der Waals surface area contributed by atoms with Gasteiger partial charge in [0.05, 0.1) is 4.90 Å². The first-order valence-corrected chi connectivity index (χ1v) is 10.1. The highest BCUT2D eigenvalue weighted by atomic mass is 32.2. The van der Waals surface area contributed by atoms with Crippen LogP contribution in [0.3, 0.4) is 0 Å². The largest absolute Gasteiger partial charge is 0.399 e. The molecule has 138 valence electrons. The van der Waals surface area contributed by atoms with E-state index in [2.05, 4.69) is 10.0 Å². The second-order valence-corrected chi connectivity index (χ2v) is 8.33. The number of rotatable bonds is 7. The molecule has 3 rings (SSSR count). The summed E-state index contributed by atoms with van der Waals surface area (Å²) >= 11 is 0. The summed E-state index contributed by atoms with van der Waals surface area (Å²) in [5, 5.41) is 2.85. The summed E-state index contributed by atoms with van der Waals surface area (Å²) < 4.78 is 27.3. The maximum atomic E-state index is 12.5. The molecule has 0 radical (unpaired) electrons. The van der Waals surface area contributed by atoms with Crippen LogP contribution in [-0.4, -0.2) is 26.9 Å². The third-order valence-electron chi connectivity index (χ3n) is 4.34. The predicted octanol–water partition coefficient (Wildman–Crippen LogP) is 1.99. The second kappa shape index (κ2) is 7.47. The minimum Gasteiger partial charge on any atom is -0.399 e. The number of carbonyl (C=O) groups excluding carboxylic acids is 1. The van der Waals surface area contributed by atoms with E-state index in [4.69, 9.17) is 5.73 Å². The molecule has 0 heterocycles. The highest BCUT2D eigenvalue weighted by molar-refractivity contribution is 7.89. The molecule has 0 unspecified atom stereocenters. The van der Waals surface area contributed by atoms with E-state index in [1.54, 1.807) is 13.0 Å². The van der Waals surface area contributed by atoms with Crippen LogP contribution in [0.4, 0.5) is 5.69 Å². The van der Waals surface area contributed by atoms with Crippen molar-refractivity contribution in [3.63, 3.8) is 0 Å². The Morgan fingerprint density at radius 2 is 1.85 bits per heavy atom. The first-order valence-electron chi connectivity index (χ1n) is 8.61. The number of anilines is 1. The van der Waals surface area contributed by atoms with Gasteiger partial charge in [-0.05, 0) is 61.6 Å². The molecule has 7 heteroatoms. The van der Waals surface area contributed by atoms with Crippen molar-refractivity contribution in [2.75, 3.05) is 12.3 Å². The van der Waals surface area contributed by atoms with Gasteiger partial charge in [0.25, 0.3) is 5.91 Å². The summed E-state index contributed by atoms with van der Waals surface area (Å²) in [5.41, 5.74) is 8.54. The van der Waals surface area contributed by atoms with Crippen LogP contribution in [0.5, 0.6) is 0 Å². The molecule has 0 spiro atoms. The van der Waals surface area contributed by atoms with Crippen molar-refractivity contribution in [1.82, 2.24) is 10.0 Å². The zero-order valence-electron chi connectivity index (χ0n) is 14.7. The minimum absolute atomic E-state index is 0.0264. The number of sulfonamides is 1. The van der Waals surface area contributed by atoms with Gasteiger partial charge in [-0.3, -0.25) is 4.79 Å². The monoisotopic (exact) mass is 373 g/mol.